The summed E-state index contributed by atoms with van der Waals surface area (Å²) in [6.45, 7) is 2.82. The molecule has 0 saturated heterocycles. The second kappa shape index (κ2) is 10.9. The maximum atomic E-state index is 12.5. The van der Waals surface area contributed by atoms with Crippen molar-refractivity contribution >= 4 is 12.0 Å². The van der Waals surface area contributed by atoms with Gasteiger partial charge in [0.15, 0.2) is 0 Å². The molecule has 0 spiro atoms. The van der Waals surface area contributed by atoms with E-state index in [1.54, 1.807) is 0 Å². The van der Waals surface area contributed by atoms with Crippen LogP contribution in [0.5, 0.6) is 0 Å². The van der Waals surface area contributed by atoms with E-state index in [1.165, 1.54) is 0 Å². The highest BCUT2D eigenvalue weighted by atomic mass is 16.5. The van der Waals surface area contributed by atoms with Crippen LogP contribution in [-0.2, 0) is 22.6 Å². The number of unbranched alkanes of at least 4 members (excludes halogenated alkanes) is 1. The number of hydrogen-bond acceptors (Lipinski definition) is 3. The van der Waals surface area contributed by atoms with Crippen LogP contribution in [-0.4, -0.2) is 24.6 Å². The molecule has 138 valence electrons. The number of esters is 1. The highest BCUT2D eigenvalue weighted by molar-refractivity contribution is 5.83. The molecule has 0 saturated carbocycles. The number of urea groups is 1. The lowest BCUT2D eigenvalue weighted by Gasteiger charge is -2.18. The van der Waals surface area contributed by atoms with E-state index >= 15 is 0 Å². The zero-order chi connectivity index (χ0) is 18.6. The highest BCUT2D eigenvalue weighted by Gasteiger charge is 2.22. The maximum absolute atomic E-state index is 12.5. The monoisotopic (exact) mass is 354 g/mol. The summed E-state index contributed by atoms with van der Waals surface area (Å²) in [6.07, 6.45) is 2.28. The van der Waals surface area contributed by atoms with Crippen molar-refractivity contribution in [3.8, 4) is 0 Å². The number of benzene rings is 2. The zero-order valence-electron chi connectivity index (χ0n) is 15.1. The Balaban J connectivity index is 1.96. The lowest BCUT2D eigenvalue weighted by atomic mass is 10.1. The lowest BCUT2D eigenvalue weighted by Crippen LogP contribution is -2.48. The SMILES string of the molecule is CCCCNC(=O)N[C@@H](Cc1ccccc1)C(=O)OCc1ccccc1. The van der Waals surface area contributed by atoms with Gasteiger partial charge in [0, 0.05) is 13.0 Å². The van der Waals surface area contributed by atoms with Gasteiger partial charge in [-0.25, -0.2) is 9.59 Å². The lowest BCUT2D eigenvalue weighted by molar-refractivity contribution is -0.147. The van der Waals surface area contributed by atoms with Gasteiger partial charge in [-0.3, -0.25) is 0 Å². The largest absolute Gasteiger partial charge is 0.459 e. The van der Waals surface area contributed by atoms with E-state index in [0.29, 0.717) is 13.0 Å². The number of nitrogens with one attached hydrogen (secondary N) is 2. The third-order valence-electron chi connectivity index (χ3n) is 3.91. The average molecular weight is 354 g/mol. The molecule has 1 atom stereocenters. The quantitative estimate of drug-likeness (QED) is 0.535. The highest BCUT2D eigenvalue weighted by Crippen LogP contribution is 2.07. The number of hydrogen-bond donors (Lipinski definition) is 2. The summed E-state index contributed by atoms with van der Waals surface area (Å²) in [5, 5.41) is 5.51. The van der Waals surface area contributed by atoms with Crippen molar-refractivity contribution < 1.29 is 14.3 Å². The molecule has 0 aliphatic carbocycles. The van der Waals surface area contributed by atoms with Crippen molar-refractivity contribution in [1.29, 1.82) is 0 Å². The molecule has 26 heavy (non-hydrogen) atoms. The molecule has 0 heterocycles. The van der Waals surface area contributed by atoms with Crippen LogP contribution >= 0.6 is 0 Å². The van der Waals surface area contributed by atoms with Gasteiger partial charge in [-0.15, -0.1) is 0 Å². The molecule has 0 aromatic heterocycles. The van der Waals surface area contributed by atoms with Crippen molar-refractivity contribution in [3.63, 3.8) is 0 Å². The molecule has 0 aliphatic heterocycles. The van der Waals surface area contributed by atoms with Gasteiger partial charge >= 0.3 is 12.0 Å². The first-order valence-electron chi connectivity index (χ1n) is 8.98. The van der Waals surface area contributed by atoms with Crippen LogP contribution in [0.3, 0.4) is 0 Å². The standard InChI is InChI=1S/C21H26N2O3/c1-2-3-14-22-21(25)23-19(15-17-10-6-4-7-11-17)20(24)26-16-18-12-8-5-9-13-18/h4-13,19H,2-3,14-16H2,1H3,(H2,22,23,25)/t19-/m0/s1. The normalized spacial score (nSPS) is 11.4. The number of amides is 2. The van der Waals surface area contributed by atoms with Crippen LogP contribution in [0.2, 0.25) is 0 Å². The third-order valence-corrected chi connectivity index (χ3v) is 3.91. The topological polar surface area (TPSA) is 67.4 Å². The Bertz CT molecular complexity index is 674. The van der Waals surface area contributed by atoms with Crippen LogP contribution in [0.25, 0.3) is 0 Å². The number of carbonyl (C=O) groups is 2. The first-order chi connectivity index (χ1) is 12.7. The molecule has 5 nitrogen and oxygen atoms in total. The van der Waals surface area contributed by atoms with Crippen molar-refractivity contribution in [1.82, 2.24) is 10.6 Å². The van der Waals surface area contributed by atoms with Gasteiger partial charge < -0.3 is 15.4 Å². The summed E-state index contributed by atoms with van der Waals surface area (Å²) in [7, 11) is 0. The van der Waals surface area contributed by atoms with E-state index in [9.17, 15) is 9.59 Å². The first kappa shape index (κ1) is 19.5. The molecule has 0 bridgehead atoms. The minimum atomic E-state index is -0.734. The second-order valence-corrected chi connectivity index (χ2v) is 6.09. The summed E-state index contributed by atoms with van der Waals surface area (Å²) in [5.41, 5.74) is 1.87. The Hall–Kier alpha value is -2.82. The van der Waals surface area contributed by atoms with Crippen molar-refractivity contribution in [2.24, 2.45) is 0 Å². The molecular formula is C21H26N2O3. The average Bonchev–Trinajstić information content (AvgIpc) is 2.67. The maximum Gasteiger partial charge on any atom is 0.329 e. The van der Waals surface area contributed by atoms with E-state index in [4.69, 9.17) is 4.74 Å². The summed E-state index contributed by atoms with van der Waals surface area (Å²) < 4.78 is 5.41. The summed E-state index contributed by atoms with van der Waals surface area (Å²) in [4.78, 5) is 24.6. The molecule has 0 fully saturated rings. The Kier molecular flexibility index (Phi) is 8.19. The summed E-state index contributed by atoms with van der Waals surface area (Å²) in [6, 6.07) is 18.0. The molecular weight excluding hydrogens is 328 g/mol. The van der Waals surface area contributed by atoms with E-state index in [1.807, 2.05) is 60.7 Å². The van der Waals surface area contributed by atoms with Crippen LogP contribution in [0.4, 0.5) is 4.79 Å². The van der Waals surface area contributed by atoms with Crippen molar-refractivity contribution in [3.05, 3.63) is 71.8 Å². The van der Waals surface area contributed by atoms with Gasteiger partial charge in [0.1, 0.15) is 12.6 Å². The van der Waals surface area contributed by atoms with E-state index in [2.05, 4.69) is 17.6 Å². The molecule has 2 amide bonds. The molecule has 2 aromatic carbocycles. The minimum absolute atomic E-state index is 0.185. The fourth-order valence-electron chi connectivity index (χ4n) is 2.46. The fourth-order valence-corrected chi connectivity index (χ4v) is 2.46. The number of carbonyl (C=O) groups excluding carboxylic acids is 2. The predicted octanol–water partition coefficient (Wildman–Crippen LogP) is 3.44. The van der Waals surface area contributed by atoms with Crippen LogP contribution in [0.15, 0.2) is 60.7 Å². The molecule has 2 aromatic rings. The zero-order valence-corrected chi connectivity index (χ0v) is 15.1. The third kappa shape index (κ3) is 6.97. The number of rotatable bonds is 9. The fraction of sp³-hybridized carbons (Fsp3) is 0.333. The van der Waals surface area contributed by atoms with Gasteiger partial charge in [-0.2, -0.15) is 0 Å². The van der Waals surface area contributed by atoms with Crippen molar-refractivity contribution in [2.75, 3.05) is 6.54 Å². The van der Waals surface area contributed by atoms with Crippen molar-refractivity contribution in [2.45, 2.75) is 38.8 Å². The molecule has 0 radical (unpaired) electrons. The van der Waals surface area contributed by atoms with Gasteiger partial charge in [-0.1, -0.05) is 74.0 Å². The minimum Gasteiger partial charge on any atom is -0.459 e. The summed E-state index contributed by atoms with van der Waals surface area (Å²) >= 11 is 0. The van der Waals surface area contributed by atoms with Crippen LogP contribution in [0.1, 0.15) is 30.9 Å². The van der Waals surface area contributed by atoms with Crippen LogP contribution in [0, 0.1) is 0 Å². The van der Waals surface area contributed by atoms with E-state index in [-0.39, 0.29) is 12.6 Å². The summed E-state index contributed by atoms with van der Waals surface area (Å²) in [5.74, 6) is -0.441. The Morgan fingerprint density at radius 1 is 0.962 bits per heavy atom. The molecule has 2 N–H and O–H groups in total. The smallest absolute Gasteiger partial charge is 0.329 e. The molecule has 0 unspecified atom stereocenters. The molecule has 5 heteroatoms. The number of ether oxygens (including phenoxy) is 1. The van der Waals surface area contributed by atoms with E-state index < -0.39 is 12.0 Å². The van der Waals surface area contributed by atoms with Gasteiger partial charge in [0.05, 0.1) is 0 Å². The second-order valence-electron chi connectivity index (χ2n) is 6.09. The molecule has 2 rings (SSSR count). The Labute approximate surface area is 154 Å². The Morgan fingerprint density at radius 2 is 1.58 bits per heavy atom. The first-order valence-corrected chi connectivity index (χ1v) is 8.98. The van der Waals surface area contributed by atoms with Crippen LogP contribution < -0.4 is 10.6 Å². The van der Waals surface area contributed by atoms with Gasteiger partial charge in [0.2, 0.25) is 0 Å². The van der Waals surface area contributed by atoms with Gasteiger partial charge in [-0.05, 0) is 17.5 Å². The molecule has 0 aliphatic rings. The Morgan fingerprint density at radius 3 is 2.19 bits per heavy atom. The predicted molar refractivity (Wildman–Crippen MR) is 102 cm³/mol. The van der Waals surface area contributed by atoms with Gasteiger partial charge in [0.25, 0.3) is 0 Å². The van der Waals surface area contributed by atoms with E-state index in [0.717, 1.165) is 24.0 Å².